The molecular weight excluding hydrogens is 300 g/mol. The van der Waals surface area contributed by atoms with Gasteiger partial charge in [-0.15, -0.1) is 0 Å². The highest BCUT2D eigenvalue weighted by Gasteiger charge is 2.28. The predicted molar refractivity (Wildman–Crippen MR) is 103 cm³/mol. The third-order valence-corrected chi connectivity index (χ3v) is 5.52. The zero-order chi connectivity index (χ0) is 18.3. The van der Waals surface area contributed by atoms with Crippen LogP contribution in [0, 0.1) is 11.3 Å². The number of unbranched alkanes of at least 4 members (excludes halogenated alkanes) is 3. The van der Waals surface area contributed by atoms with Gasteiger partial charge in [-0.1, -0.05) is 79.1 Å². The third-order valence-electron chi connectivity index (χ3n) is 5.52. The van der Waals surface area contributed by atoms with Crippen LogP contribution in [0.15, 0.2) is 0 Å². The van der Waals surface area contributed by atoms with Crippen molar-refractivity contribution in [1.29, 1.82) is 0 Å². The number of ether oxygens (including phenoxy) is 1. The van der Waals surface area contributed by atoms with Crippen LogP contribution < -0.4 is 0 Å². The van der Waals surface area contributed by atoms with Gasteiger partial charge in [0.25, 0.3) is 0 Å². The Kier molecular flexibility index (Phi) is 14.2. The second kappa shape index (κ2) is 14.6. The molecule has 24 heavy (non-hydrogen) atoms. The Labute approximate surface area is 150 Å². The van der Waals surface area contributed by atoms with Gasteiger partial charge in [-0.05, 0) is 43.4 Å². The summed E-state index contributed by atoms with van der Waals surface area (Å²) in [7, 11) is 0. The van der Waals surface area contributed by atoms with Gasteiger partial charge in [0.2, 0.25) is 0 Å². The maximum Gasteiger partial charge on any atom is 0.505 e. The van der Waals surface area contributed by atoms with Crippen molar-refractivity contribution < 1.29 is 14.6 Å². The molecule has 1 N–H and O–H groups in total. The molecule has 0 aliphatic rings. The van der Waals surface area contributed by atoms with Gasteiger partial charge in [-0.2, -0.15) is 0 Å². The Morgan fingerprint density at radius 2 is 1.33 bits per heavy atom. The van der Waals surface area contributed by atoms with Gasteiger partial charge in [-0.3, -0.25) is 0 Å². The number of carbonyl (C=O) groups is 1. The quantitative estimate of drug-likeness (QED) is 0.296. The van der Waals surface area contributed by atoms with E-state index >= 15 is 0 Å². The largest absolute Gasteiger partial charge is 0.505 e. The van der Waals surface area contributed by atoms with E-state index in [0.29, 0.717) is 17.9 Å². The highest BCUT2D eigenvalue weighted by atomic mass is 16.7. The van der Waals surface area contributed by atoms with Gasteiger partial charge in [-0.25, -0.2) is 4.79 Å². The lowest BCUT2D eigenvalue weighted by Crippen LogP contribution is -2.22. The first kappa shape index (κ1) is 23.3. The van der Waals surface area contributed by atoms with Crippen LogP contribution >= 0.6 is 0 Å². The van der Waals surface area contributed by atoms with Crippen LogP contribution in [0.25, 0.3) is 0 Å². The maximum atomic E-state index is 10.6. The molecule has 0 radical (unpaired) electrons. The summed E-state index contributed by atoms with van der Waals surface area (Å²) in [6.07, 6.45) is 15.4. The fraction of sp³-hybridized carbons (Fsp3) is 0.952. The van der Waals surface area contributed by atoms with Gasteiger partial charge in [0.15, 0.2) is 0 Å². The van der Waals surface area contributed by atoms with Crippen LogP contribution in [0.2, 0.25) is 0 Å². The summed E-state index contributed by atoms with van der Waals surface area (Å²) in [5, 5.41) is 8.68. The molecule has 0 bridgehead atoms. The van der Waals surface area contributed by atoms with E-state index in [0.717, 1.165) is 12.8 Å². The summed E-state index contributed by atoms with van der Waals surface area (Å²) in [4.78, 5) is 10.6. The molecule has 0 aromatic heterocycles. The van der Waals surface area contributed by atoms with E-state index in [1.54, 1.807) is 0 Å². The molecule has 144 valence electrons. The molecule has 0 aliphatic heterocycles. The van der Waals surface area contributed by atoms with Gasteiger partial charge < -0.3 is 9.84 Å². The molecule has 0 aromatic rings. The minimum absolute atomic E-state index is 0.359. The van der Waals surface area contributed by atoms with Gasteiger partial charge in [0.1, 0.15) is 0 Å². The van der Waals surface area contributed by atoms with Crippen LogP contribution in [-0.2, 0) is 4.74 Å². The lowest BCUT2D eigenvalue weighted by atomic mass is 9.71. The molecule has 3 heteroatoms. The average molecular weight is 343 g/mol. The van der Waals surface area contributed by atoms with Crippen LogP contribution in [0.4, 0.5) is 4.79 Å². The molecule has 0 fully saturated rings. The number of hydrogen-bond acceptors (Lipinski definition) is 2. The summed E-state index contributed by atoms with van der Waals surface area (Å²) in [6.45, 7) is 9.37. The summed E-state index contributed by atoms with van der Waals surface area (Å²) in [5.74, 6) is 0.377. The highest BCUT2D eigenvalue weighted by molar-refractivity contribution is 5.56. The van der Waals surface area contributed by atoms with Crippen LogP contribution in [0.1, 0.15) is 111 Å². The van der Waals surface area contributed by atoms with Gasteiger partial charge in [0, 0.05) is 0 Å². The van der Waals surface area contributed by atoms with Gasteiger partial charge in [0.05, 0.1) is 6.61 Å². The molecule has 0 aromatic carbocycles. The van der Waals surface area contributed by atoms with Crippen LogP contribution in [0.3, 0.4) is 0 Å². The summed E-state index contributed by atoms with van der Waals surface area (Å²) in [6, 6.07) is 0. The predicted octanol–water partition coefficient (Wildman–Crippen LogP) is 7.43. The second-order valence-corrected chi connectivity index (χ2v) is 7.55. The fourth-order valence-corrected chi connectivity index (χ4v) is 3.77. The SMILES string of the molecule is CCCCC(CCCC)(CCCC)CCCC(CC)COC(=O)O. The highest BCUT2D eigenvalue weighted by Crippen LogP contribution is 2.41. The molecule has 0 rings (SSSR count). The monoisotopic (exact) mass is 342 g/mol. The van der Waals surface area contributed by atoms with E-state index in [2.05, 4.69) is 27.7 Å². The second-order valence-electron chi connectivity index (χ2n) is 7.55. The average Bonchev–Trinajstić information content (AvgIpc) is 2.58. The van der Waals surface area contributed by atoms with Crippen molar-refractivity contribution in [1.82, 2.24) is 0 Å². The van der Waals surface area contributed by atoms with Crippen molar-refractivity contribution in [2.45, 2.75) is 111 Å². The topological polar surface area (TPSA) is 46.5 Å². The molecule has 0 aliphatic carbocycles. The minimum Gasteiger partial charge on any atom is -0.450 e. The summed E-state index contributed by atoms with van der Waals surface area (Å²) < 4.78 is 4.79. The number of carboxylic acid groups (broad SMARTS) is 1. The van der Waals surface area contributed by atoms with Crippen molar-refractivity contribution in [3.05, 3.63) is 0 Å². The molecule has 1 atom stereocenters. The Morgan fingerprint density at radius 1 is 0.875 bits per heavy atom. The minimum atomic E-state index is -1.14. The van der Waals surface area contributed by atoms with Gasteiger partial charge >= 0.3 is 6.16 Å². The standard InChI is InChI=1S/C21H42O3/c1-5-9-14-21(15-10-6-2,16-11-7-3)17-12-13-19(8-4)18-24-20(22)23/h19H,5-18H2,1-4H3,(H,22,23). The van der Waals surface area contributed by atoms with E-state index in [-0.39, 0.29) is 0 Å². The van der Waals surface area contributed by atoms with Crippen molar-refractivity contribution >= 4 is 6.16 Å². The van der Waals surface area contributed by atoms with E-state index < -0.39 is 6.16 Å². The van der Waals surface area contributed by atoms with Crippen molar-refractivity contribution in [3.8, 4) is 0 Å². The lowest BCUT2D eigenvalue weighted by Gasteiger charge is -2.35. The molecule has 0 spiro atoms. The first-order valence-electron chi connectivity index (χ1n) is 10.4. The first-order chi connectivity index (χ1) is 11.5. The molecule has 3 nitrogen and oxygen atoms in total. The van der Waals surface area contributed by atoms with Crippen LogP contribution in [0.5, 0.6) is 0 Å². The Bertz CT molecular complexity index is 280. The van der Waals surface area contributed by atoms with Crippen molar-refractivity contribution in [2.24, 2.45) is 11.3 Å². The molecule has 0 saturated heterocycles. The maximum absolute atomic E-state index is 10.6. The molecule has 1 unspecified atom stereocenters. The smallest absolute Gasteiger partial charge is 0.450 e. The lowest BCUT2D eigenvalue weighted by molar-refractivity contribution is 0.0728. The summed E-state index contributed by atoms with van der Waals surface area (Å²) >= 11 is 0. The first-order valence-corrected chi connectivity index (χ1v) is 10.4. The molecule has 0 heterocycles. The van der Waals surface area contributed by atoms with Crippen molar-refractivity contribution in [3.63, 3.8) is 0 Å². The van der Waals surface area contributed by atoms with E-state index in [1.165, 1.54) is 70.6 Å². The Morgan fingerprint density at radius 3 is 1.71 bits per heavy atom. The zero-order valence-corrected chi connectivity index (χ0v) is 16.7. The fourth-order valence-electron chi connectivity index (χ4n) is 3.77. The Balaban J connectivity index is 4.59. The number of hydrogen-bond donors (Lipinski definition) is 1. The summed E-state index contributed by atoms with van der Waals surface area (Å²) in [5.41, 5.74) is 0.522. The third kappa shape index (κ3) is 10.9. The molecule has 0 amide bonds. The molecule has 0 saturated carbocycles. The normalized spacial score (nSPS) is 13.0. The van der Waals surface area contributed by atoms with Crippen molar-refractivity contribution in [2.75, 3.05) is 6.61 Å². The van der Waals surface area contributed by atoms with E-state index in [1.807, 2.05) is 0 Å². The number of rotatable bonds is 16. The van der Waals surface area contributed by atoms with E-state index in [9.17, 15) is 4.79 Å². The zero-order valence-electron chi connectivity index (χ0n) is 16.7. The molecular formula is C21H42O3. The van der Waals surface area contributed by atoms with Crippen LogP contribution in [-0.4, -0.2) is 17.9 Å². The van der Waals surface area contributed by atoms with E-state index in [4.69, 9.17) is 9.84 Å². The Hall–Kier alpha value is -0.730.